The smallest absolute Gasteiger partial charge is 0.263 e. The van der Waals surface area contributed by atoms with Crippen LogP contribution in [0.25, 0.3) is 0 Å². The van der Waals surface area contributed by atoms with Gasteiger partial charge in [-0.1, -0.05) is 0 Å². The Balaban J connectivity index is 1.52. The molecule has 0 radical (unpaired) electrons. The van der Waals surface area contributed by atoms with Gasteiger partial charge in [0, 0.05) is 18.6 Å². The third-order valence-electron chi connectivity index (χ3n) is 4.32. The summed E-state index contributed by atoms with van der Waals surface area (Å²) >= 11 is 1.39. The van der Waals surface area contributed by atoms with Crippen molar-refractivity contribution in [3.05, 3.63) is 44.9 Å². The quantitative estimate of drug-likeness (QED) is 0.917. The number of carbonyl (C=O) groups is 1. The van der Waals surface area contributed by atoms with Gasteiger partial charge in [-0.05, 0) is 25.7 Å². The first-order valence-electron chi connectivity index (χ1n) is 7.90. The number of fused-ring (bicyclic) bond motifs is 1. The van der Waals surface area contributed by atoms with Crippen molar-refractivity contribution >= 4 is 17.2 Å². The van der Waals surface area contributed by atoms with Crippen molar-refractivity contribution in [1.29, 1.82) is 0 Å². The summed E-state index contributed by atoms with van der Waals surface area (Å²) in [6, 6.07) is 1.32. The number of hydrogen-bond acceptors (Lipinski definition) is 4. The van der Waals surface area contributed by atoms with Gasteiger partial charge in [-0.3, -0.25) is 4.79 Å². The standard InChI is InChI=1S/C17H16F2N2O2S/c1-8-16(24-14(20-8)4-9-2-3-9)17(22)21-12-7-23-13-6-10(18)5-11(19)15(12)13/h5-6,9,12H,2-4,7H2,1H3,(H,21,22)/t12-/m0/s1. The van der Waals surface area contributed by atoms with E-state index < -0.39 is 17.7 Å². The number of nitrogens with one attached hydrogen (secondary N) is 1. The van der Waals surface area contributed by atoms with E-state index in [0.29, 0.717) is 16.5 Å². The number of nitrogens with zero attached hydrogens (tertiary/aromatic N) is 1. The summed E-state index contributed by atoms with van der Waals surface area (Å²) in [7, 11) is 0. The zero-order valence-corrected chi connectivity index (χ0v) is 13.9. The number of benzene rings is 1. The molecule has 1 atom stereocenters. The fourth-order valence-corrected chi connectivity index (χ4v) is 4.01. The molecule has 2 aromatic rings. The summed E-state index contributed by atoms with van der Waals surface area (Å²) < 4.78 is 32.5. The molecule has 0 saturated heterocycles. The molecule has 24 heavy (non-hydrogen) atoms. The van der Waals surface area contributed by atoms with Gasteiger partial charge in [0.15, 0.2) is 0 Å². The summed E-state index contributed by atoms with van der Waals surface area (Å²) in [6.45, 7) is 1.89. The van der Waals surface area contributed by atoms with E-state index in [0.717, 1.165) is 23.6 Å². The second-order valence-corrected chi connectivity index (χ2v) is 7.39. The Morgan fingerprint density at radius 2 is 2.21 bits per heavy atom. The summed E-state index contributed by atoms with van der Waals surface area (Å²) in [4.78, 5) is 17.5. The minimum Gasteiger partial charge on any atom is -0.490 e. The van der Waals surface area contributed by atoms with Gasteiger partial charge in [0.1, 0.15) is 28.9 Å². The predicted molar refractivity (Wildman–Crippen MR) is 85.3 cm³/mol. The molecule has 1 fully saturated rings. The van der Waals surface area contributed by atoms with E-state index in [9.17, 15) is 13.6 Å². The van der Waals surface area contributed by atoms with Gasteiger partial charge in [-0.25, -0.2) is 13.8 Å². The lowest BCUT2D eigenvalue weighted by atomic mass is 10.1. The highest BCUT2D eigenvalue weighted by atomic mass is 32.1. The molecule has 1 N–H and O–H groups in total. The van der Waals surface area contributed by atoms with Gasteiger partial charge in [0.05, 0.1) is 22.3 Å². The molecule has 1 amide bonds. The van der Waals surface area contributed by atoms with E-state index in [1.807, 2.05) is 0 Å². The van der Waals surface area contributed by atoms with Crippen LogP contribution in [0.4, 0.5) is 8.78 Å². The molecule has 1 aliphatic heterocycles. The van der Waals surface area contributed by atoms with Crippen molar-refractivity contribution in [1.82, 2.24) is 10.3 Å². The molecular formula is C17H16F2N2O2S. The molecule has 2 aliphatic rings. The molecule has 1 aliphatic carbocycles. The first kappa shape index (κ1) is 15.5. The Kier molecular flexibility index (Phi) is 3.75. The van der Waals surface area contributed by atoms with Crippen LogP contribution < -0.4 is 10.1 Å². The van der Waals surface area contributed by atoms with Crippen LogP contribution in [-0.4, -0.2) is 17.5 Å². The Hall–Kier alpha value is -2.02. The minimum absolute atomic E-state index is 0.0915. The maximum absolute atomic E-state index is 14.0. The highest BCUT2D eigenvalue weighted by Gasteiger charge is 2.31. The van der Waals surface area contributed by atoms with Crippen LogP contribution in [0, 0.1) is 24.5 Å². The average molecular weight is 350 g/mol. The molecule has 0 bridgehead atoms. The van der Waals surface area contributed by atoms with E-state index >= 15 is 0 Å². The van der Waals surface area contributed by atoms with Crippen molar-refractivity contribution in [2.24, 2.45) is 5.92 Å². The summed E-state index contributed by atoms with van der Waals surface area (Å²) in [5.41, 5.74) is 0.886. The number of aryl methyl sites for hydroxylation is 1. The van der Waals surface area contributed by atoms with Gasteiger partial charge in [-0.2, -0.15) is 0 Å². The second kappa shape index (κ2) is 5.81. The monoisotopic (exact) mass is 350 g/mol. The van der Waals surface area contributed by atoms with Gasteiger partial charge in [0.2, 0.25) is 0 Å². The first-order valence-corrected chi connectivity index (χ1v) is 8.72. The predicted octanol–water partition coefficient (Wildman–Crippen LogP) is 3.55. The molecule has 4 rings (SSSR count). The van der Waals surface area contributed by atoms with Gasteiger partial charge in [0.25, 0.3) is 5.91 Å². The number of aromatic nitrogens is 1. The third-order valence-corrected chi connectivity index (χ3v) is 5.50. The fourth-order valence-electron chi connectivity index (χ4n) is 2.93. The van der Waals surface area contributed by atoms with Gasteiger partial charge < -0.3 is 10.1 Å². The molecule has 1 aromatic carbocycles. The molecule has 1 saturated carbocycles. The zero-order chi connectivity index (χ0) is 16.8. The summed E-state index contributed by atoms with van der Waals surface area (Å²) in [6.07, 6.45) is 3.38. The molecule has 0 spiro atoms. The Bertz CT molecular complexity index is 817. The molecule has 2 heterocycles. The molecular weight excluding hydrogens is 334 g/mol. The van der Waals surface area contributed by atoms with E-state index in [-0.39, 0.29) is 23.8 Å². The number of rotatable bonds is 4. The lowest BCUT2D eigenvalue weighted by molar-refractivity contribution is 0.0933. The fraction of sp³-hybridized carbons (Fsp3) is 0.412. The number of thiazole rings is 1. The number of carbonyl (C=O) groups excluding carboxylic acids is 1. The largest absolute Gasteiger partial charge is 0.490 e. The Morgan fingerprint density at radius 3 is 2.96 bits per heavy atom. The molecule has 1 aromatic heterocycles. The summed E-state index contributed by atoms with van der Waals surface area (Å²) in [5, 5.41) is 3.75. The number of halogens is 2. The Labute approximate surface area is 141 Å². The maximum atomic E-state index is 14.0. The molecule has 4 nitrogen and oxygen atoms in total. The topological polar surface area (TPSA) is 51.2 Å². The SMILES string of the molecule is Cc1nc(CC2CC2)sc1C(=O)N[C@H]1COc2cc(F)cc(F)c21. The lowest BCUT2D eigenvalue weighted by Crippen LogP contribution is -2.29. The van der Waals surface area contributed by atoms with E-state index in [1.165, 1.54) is 24.2 Å². The van der Waals surface area contributed by atoms with Crippen LogP contribution in [0.15, 0.2) is 12.1 Å². The highest BCUT2D eigenvalue weighted by Crippen LogP contribution is 2.36. The van der Waals surface area contributed by atoms with Crippen LogP contribution in [0.5, 0.6) is 5.75 Å². The molecule has 0 unspecified atom stereocenters. The first-order chi connectivity index (χ1) is 11.5. The van der Waals surface area contributed by atoms with E-state index in [2.05, 4.69) is 10.3 Å². The van der Waals surface area contributed by atoms with Crippen LogP contribution in [0.3, 0.4) is 0 Å². The third kappa shape index (κ3) is 2.88. The van der Waals surface area contributed by atoms with E-state index in [1.54, 1.807) is 6.92 Å². The van der Waals surface area contributed by atoms with Crippen LogP contribution in [0.1, 0.15) is 44.8 Å². The normalized spacial score (nSPS) is 19.0. The Morgan fingerprint density at radius 1 is 1.42 bits per heavy atom. The number of hydrogen-bond donors (Lipinski definition) is 1. The van der Waals surface area contributed by atoms with Gasteiger partial charge >= 0.3 is 0 Å². The van der Waals surface area contributed by atoms with Crippen molar-refractivity contribution in [3.8, 4) is 5.75 Å². The second-order valence-electron chi connectivity index (χ2n) is 6.31. The van der Waals surface area contributed by atoms with Crippen LogP contribution in [-0.2, 0) is 6.42 Å². The van der Waals surface area contributed by atoms with Crippen LogP contribution in [0.2, 0.25) is 0 Å². The average Bonchev–Trinajstić information content (AvgIpc) is 3.11. The maximum Gasteiger partial charge on any atom is 0.263 e. The van der Waals surface area contributed by atoms with Crippen molar-refractivity contribution < 1.29 is 18.3 Å². The van der Waals surface area contributed by atoms with Crippen LogP contribution >= 0.6 is 11.3 Å². The molecule has 7 heteroatoms. The summed E-state index contributed by atoms with van der Waals surface area (Å²) in [5.74, 6) is -0.847. The van der Waals surface area contributed by atoms with Crippen molar-refractivity contribution in [3.63, 3.8) is 0 Å². The van der Waals surface area contributed by atoms with E-state index in [4.69, 9.17) is 4.74 Å². The van der Waals surface area contributed by atoms with Crippen molar-refractivity contribution in [2.75, 3.05) is 6.61 Å². The van der Waals surface area contributed by atoms with Gasteiger partial charge in [-0.15, -0.1) is 11.3 Å². The molecule has 126 valence electrons. The highest BCUT2D eigenvalue weighted by molar-refractivity contribution is 7.13. The van der Waals surface area contributed by atoms with Crippen molar-refractivity contribution in [2.45, 2.75) is 32.2 Å². The lowest BCUT2D eigenvalue weighted by Gasteiger charge is -2.11. The minimum atomic E-state index is -0.705. The number of amides is 1. The number of ether oxygens (including phenoxy) is 1. The zero-order valence-electron chi connectivity index (χ0n) is 13.1.